The van der Waals surface area contributed by atoms with Crippen molar-refractivity contribution in [3.8, 4) is 11.1 Å². The quantitative estimate of drug-likeness (QED) is 0.353. The molecule has 0 unspecified atom stereocenters. The van der Waals surface area contributed by atoms with E-state index in [1.54, 1.807) is 12.1 Å². The Kier molecular flexibility index (Phi) is 4.20. The van der Waals surface area contributed by atoms with E-state index in [1.807, 2.05) is 54.6 Å². The van der Waals surface area contributed by atoms with Crippen molar-refractivity contribution in [3.63, 3.8) is 0 Å². The van der Waals surface area contributed by atoms with Gasteiger partial charge in [-0.3, -0.25) is 10.1 Å². The summed E-state index contributed by atoms with van der Waals surface area (Å²) in [5.41, 5.74) is 3.52. The third-order valence-electron chi connectivity index (χ3n) is 3.32. The standard InChI is InChI=1S/C18H13N3O2/c22-21(23)18-12-8-15(9-13-18)14-6-10-17(11-7-14)20-19-16-4-2-1-3-5-16/h1-13H. The number of benzene rings is 3. The van der Waals surface area contributed by atoms with E-state index in [4.69, 9.17) is 0 Å². The Bertz CT molecular complexity index is 826. The molecule has 3 aromatic carbocycles. The summed E-state index contributed by atoms with van der Waals surface area (Å²) in [5.74, 6) is 0. The molecule has 0 bridgehead atoms. The van der Waals surface area contributed by atoms with Gasteiger partial charge in [-0.25, -0.2) is 0 Å². The van der Waals surface area contributed by atoms with Gasteiger partial charge in [0.05, 0.1) is 16.3 Å². The van der Waals surface area contributed by atoms with Crippen molar-refractivity contribution in [2.75, 3.05) is 0 Å². The van der Waals surface area contributed by atoms with Crippen molar-refractivity contribution in [2.45, 2.75) is 0 Å². The van der Waals surface area contributed by atoms with Gasteiger partial charge in [0, 0.05) is 12.1 Å². The molecule has 5 nitrogen and oxygen atoms in total. The van der Waals surface area contributed by atoms with Crippen molar-refractivity contribution in [3.05, 3.63) is 89.0 Å². The maximum Gasteiger partial charge on any atom is 0.269 e. The monoisotopic (exact) mass is 303 g/mol. The van der Waals surface area contributed by atoms with Crippen molar-refractivity contribution in [2.24, 2.45) is 10.2 Å². The predicted octanol–water partition coefficient (Wildman–Crippen LogP) is 5.68. The molecule has 0 saturated heterocycles. The molecule has 0 aliphatic heterocycles. The number of non-ortho nitro benzene ring substituents is 1. The Hall–Kier alpha value is -3.34. The van der Waals surface area contributed by atoms with Crippen molar-refractivity contribution in [1.29, 1.82) is 0 Å². The highest BCUT2D eigenvalue weighted by atomic mass is 16.6. The van der Waals surface area contributed by atoms with Crippen LogP contribution in [0.25, 0.3) is 11.1 Å². The number of nitro groups is 1. The van der Waals surface area contributed by atoms with E-state index < -0.39 is 4.92 Å². The van der Waals surface area contributed by atoms with Crippen LogP contribution in [0.5, 0.6) is 0 Å². The van der Waals surface area contributed by atoms with Crippen LogP contribution >= 0.6 is 0 Å². The van der Waals surface area contributed by atoms with Crippen LogP contribution in [0.4, 0.5) is 17.1 Å². The number of nitro benzene ring substituents is 1. The lowest BCUT2D eigenvalue weighted by molar-refractivity contribution is -0.384. The van der Waals surface area contributed by atoms with Crippen LogP contribution in [0.2, 0.25) is 0 Å². The second-order valence-electron chi connectivity index (χ2n) is 4.89. The number of rotatable bonds is 4. The second kappa shape index (κ2) is 6.62. The van der Waals surface area contributed by atoms with E-state index >= 15 is 0 Å². The summed E-state index contributed by atoms with van der Waals surface area (Å²) in [6.45, 7) is 0. The summed E-state index contributed by atoms with van der Waals surface area (Å²) in [5, 5.41) is 19.0. The minimum absolute atomic E-state index is 0.0852. The third-order valence-corrected chi connectivity index (χ3v) is 3.32. The number of nitrogens with zero attached hydrogens (tertiary/aromatic N) is 3. The lowest BCUT2D eigenvalue weighted by Crippen LogP contribution is -1.86. The summed E-state index contributed by atoms with van der Waals surface area (Å²) in [6, 6.07) is 23.5. The van der Waals surface area contributed by atoms with Gasteiger partial charge in [-0.1, -0.05) is 30.3 Å². The number of azo groups is 1. The van der Waals surface area contributed by atoms with Crippen LogP contribution in [-0.4, -0.2) is 4.92 Å². The third kappa shape index (κ3) is 3.65. The Morgan fingerprint density at radius 2 is 1.13 bits per heavy atom. The molecule has 0 aromatic heterocycles. The summed E-state index contributed by atoms with van der Waals surface area (Å²) >= 11 is 0. The van der Waals surface area contributed by atoms with Gasteiger partial charge in [0.2, 0.25) is 0 Å². The average Bonchev–Trinajstić information content (AvgIpc) is 2.61. The van der Waals surface area contributed by atoms with E-state index in [-0.39, 0.29) is 5.69 Å². The predicted molar refractivity (Wildman–Crippen MR) is 89.2 cm³/mol. The molecule has 0 fully saturated rings. The Labute approximate surface area is 133 Å². The SMILES string of the molecule is O=[N+]([O-])c1ccc(-c2ccc(N=Nc3ccccc3)cc2)cc1. The molecule has 5 heteroatoms. The second-order valence-corrected chi connectivity index (χ2v) is 4.89. The molecule has 0 spiro atoms. The molecule has 112 valence electrons. The molecule has 23 heavy (non-hydrogen) atoms. The molecule has 3 aromatic rings. The highest BCUT2D eigenvalue weighted by Crippen LogP contribution is 2.25. The molecule has 3 rings (SSSR count). The molecule has 0 heterocycles. The zero-order valence-corrected chi connectivity index (χ0v) is 12.2. The van der Waals surface area contributed by atoms with Gasteiger partial charge in [0.1, 0.15) is 0 Å². The molecule has 0 aliphatic carbocycles. The summed E-state index contributed by atoms with van der Waals surface area (Å²) in [6.07, 6.45) is 0. The zero-order valence-electron chi connectivity index (χ0n) is 12.2. The first kappa shape index (κ1) is 14.6. The summed E-state index contributed by atoms with van der Waals surface area (Å²) in [7, 11) is 0. The molecule has 0 amide bonds. The lowest BCUT2D eigenvalue weighted by atomic mass is 10.1. The van der Waals surface area contributed by atoms with Gasteiger partial charge in [-0.15, -0.1) is 0 Å². The van der Waals surface area contributed by atoms with E-state index in [9.17, 15) is 10.1 Å². The molecule has 0 N–H and O–H groups in total. The Morgan fingerprint density at radius 3 is 1.65 bits per heavy atom. The van der Waals surface area contributed by atoms with Gasteiger partial charge in [0.15, 0.2) is 0 Å². The molecular formula is C18H13N3O2. The fraction of sp³-hybridized carbons (Fsp3) is 0. The van der Waals surface area contributed by atoms with Gasteiger partial charge < -0.3 is 0 Å². The molecular weight excluding hydrogens is 290 g/mol. The molecule has 0 aliphatic rings. The maximum atomic E-state index is 10.7. The first-order valence-corrected chi connectivity index (χ1v) is 7.04. The smallest absolute Gasteiger partial charge is 0.258 e. The van der Waals surface area contributed by atoms with Crippen molar-refractivity contribution >= 4 is 17.1 Å². The van der Waals surface area contributed by atoms with Crippen LogP contribution in [0.3, 0.4) is 0 Å². The Balaban J connectivity index is 1.76. The van der Waals surface area contributed by atoms with E-state index in [0.29, 0.717) is 0 Å². The van der Waals surface area contributed by atoms with Crippen LogP contribution in [0, 0.1) is 10.1 Å². The molecule has 0 atom stereocenters. The van der Waals surface area contributed by atoms with Crippen molar-refractivity contribution in [1.82, 2.24) is 0 Å². The highest BCUT2D eigenvalue weighted by Gasteiger charge is 2.05. The van der Waals surface area contributed by atoms with Crippen LogP contribution in [-0.2, 0) is 0 Å². The molecule has 0 radical (unpaired) electrons. The number of hydrogen-bond donors (Lipinski definition) is 0. The number of hydrogen-bond acceptors (Lipinski definition) is 4. The highest BCUT2D eigenvalue weighted by molar-refractivity contribution is 5.66. The fourth-order valence-corrected chi connectivity index (χ4v) is 2.11. The van der Waals surface area contributed by atoms with E-state index in [0.717, 1.165) is 22.5 Å². The zero-order chi connectivity index (χ0) is 16.1. The summed E-state index contributed by atoms with van der Waals surface area (Å²) in [4.78, 5) is 10.3. The van der Waals surface area contributed by atoms with Gasteiger partial charge in [-0.2, -0.15) is 10.2 Å². The van der Waals surface area contributed by atoms with Crippen molar-refractivity contribution < 1.29 is 4.92 Å². The van der Waals surface area contributed by atoms with E-state index in [2.05, 4.69) is 10.2 Å². The summed E-state index contributed by atoms with van der Waals surface area (Å²) < 4.78 is 0. The normalized spacial score (nSPS) is 10.8. The fourth-order valence-electron chi connectivity index (χ4n) is 2.11. The van der Waals surface area contributed by atoms with Crippen LogP contribution < -0.4 is 0 Å². The van der Waals surface area contributed by atoms with Crippen LogP contribution in [0.15, 0.2) is 89.1 Å². The van der Waals surface area contributed by atoms with E-state index in [1.165, 1.54) is 12.1 Å². The maximum absolute atomic E-state index is 10.7. The average molecular weight is 303 g/mol. The minimum Gasteiger partial charge on any atom is -0.258 e. The largest absolute Gasteiger partial charge is 0.269 e. The van der Waals surface area contributed by atoms with Gasteiger partial charge in [-0.05, 0) is 47.5 Å². The minimum atomic E-state index is -0.406. The van der Waals surface area contributed by atoms with Gasteiger partial charge in [0.25, 0.3) is 5.69 Å². The van der Waals surface area contributed by atoms with Crippen LogP contribution in [0.1, 0.15) is 0 Å². The topological polar surface area (TPSA) is 67.9 Å². The lowest BCUT2D eigenvalue weighted by Gasteiger charge is -2.01. The first-order valence-electron chi connectivity index (χ1n) is 7.04. The first-order chi connectivity index (χ1) is 11.2. The molecule has 0 saturated carbocycles. The Morgan fingerprint density at radius 1 is 0.652 bits per heavy atom. The van der Waals surface area contributed by atoms with Gasteiger partial charge >= 0.3 is 0 Å².